The third kappa shape index (κ3) is 6.38. The summed E-state index contributed by atoms with van der Waals surface area (Å²) in [5.74, 6) is 0. The summed E-state index contributed by atoms with van der Waals surface area (Å²) in [4.78, 5) is 8.64. The Morgan fingerprint density at radius 3 is 2.19 bits per heavy atom. The zero-order chi connectivity index (χ0) is 24.5. The fourth-order valence-corrected chi connectivity index (χ4v) is 3.47. The molecule has 0 saturated carbocycles. The Labute approximate surface area is 224 Å². The van der Waals surface area contributed by atoms with Crippen molar-refractivity contribution in [2.45, 2.75) is 6.92 Å². The molecule has 0 atom stereocenters. The zero-order valence-corrected chi connectivity index (χ0v) is 21.8. The maximum Gasteiger partial charge on any atom is 0.0802 e. The van der Waals surface area contributed by atoms with Gasteiger partial charge < -0.3 is 9.97 Å². The van der Waals surface area contributed by atoms with Gasteiger partial charge in [0.15, 0.2) is 0 Å². The van der Waals surface area contributed by atoms with E-state index in [2.05, 4.69) is 40.3 Å². The quantitative estimate of drug-likeness (QED) is 0.203. The third-order valence-electron chi connectivity index (χ3n) is 5.25. The normalized spacial score (nSPS) is 9.53. The fraction of sp³-hybridized carbons (Fsp3) is 0.0323. The van der Waals surface area contributed by atoms with Crippen molar-refractivity contribution in [3.63, 3.8) is 0 Å². The number of hydrogen-bond acceptors (Lipinski definition) is 4. The predicted octanol–water partition coefficient (Wildman–Crippen LogP) is 6.81. The predicted molar refractivity (Wildman–Crippen MR) is 137 cm³/mol. The van der Waals surface area contributed by atoms with Crippen LogP contribution in [0.25, 0.3) is 33.6 Å². The molecule has 0 N–H and O–H groups in total. The Balaban J connectivity index is 0.000000196. The van der Waals surface area contributed by atoms with Crippen molar-refractivity contribution in [1.82, 2.24) is 9.97 Å². The smallest absolute Gasteiger partial charge is 0.0802 e. The van der Waals surface area contributed by atoms with Crippen LogP contribution in [0.15, 0.2) is 103 Å². The molecule has 4 nitrogen and oxygen atoms in total. The zero-order valence-electron chi connectivity index (χ0n) is 19.4. The van der Waals surface area contributed by atoms with Crippen LogP contribution in [0.3, 0.4) is 0 Å². The van der Waals surface area contributed by atoms with Gasteiger partial charge in [-0.25, -0.2) is 5.26 Å². The SMILES string of the molecule is Cc1ccc(-c2[c-]ccc(C#N)c2C#N)nc1.[Ir].[c-]1ccccc1-c1cc(-c2ccccc2)ccn1. The number of nitrogens with zero attached hydrogens (tertiary/aromatic N) is 4. The van der Waals surface area contributed by atoms with Crippen LogP contribution in [0, 0.1) is 41.7 Å². The van der Waals surface area contributed by atoms with E-state index < -0.39 is 0 Å². The van der Waals surface area contributed by atoms with E-state index in [1.54, 1.807) is 18.3 Å². The van der Waals surface area contributed by atoms with Crippen molar-refractivity contribution in [3.05, 3.63) is 132 Å². The largest absolute Gasteiger partial charge is 0.305 e. The minimum Gasteiger partial charge on any atom is -0.305 e. The summed E-state index contributed by atoms with van der Waals surface area (Å²) >= 11 is 0. The second kappa shape index (κ2) is 12.9. The average molecular weight is 641 g/mol. The molecule has 175 valence electrons. The van der Waals surface area contributed by atoms with Crippen LogP contribution in [-0.4, -0.2) is 9.97 Å². The van der Waals surface area contributed by atoms with Gasteiger partial charge in [-0.3, -0.25) is 0 Å². The van der Waals surface area contributed by atoms with Crippen LogP contribution in [0.1, 0.15) is 16.7 Å². The second-order valence-electron chi connectivity index (χ2n) is 7.66. The van der Waals surface area contributed by atoms with Crippen molar-refractivity contribution in [3.8, 4) is 45.8 Å². The summed E-state index contributed by atoms with van der Waals surface area (Å²) in [5.41, 5.74) is 7.32. The van der Waals surface area contributed by atoms with E-state index in [1.165, 1.54) is 11.1 Å². The molecular formula is C31H20IrN4-2. The van der Waals surface area contributed by atoms with Gasteiger partial charge in [-0.15, -0.1) is 59.7 Å². The van der Waals surface area contributed by atoms with Crippen molar-refractivity contribution >= 4 is 0 Å². The van der Waals surface area contributed by atoms with E-state index in [0.717, 1.165) is 16.8 Å². The Hall–Kier alpha value is -4.41. The van der Waals surface area contributed by atoms with Crippen LogP contribution < -0.4 is 0 Å². The van der Waals surface area contributed by atoms with E-state index >= 15 is 0 Å². The Morgan fingerprint density at radius 1 is 0.722 bits per heavy atom. The van der Waals surface area contributed by atoms with Gasteiger partial charge in [-0.2, -0.15) is 5.26 Å². The number of rotatable bonds is 3. The molecule has 3 aromatic carbocycles. The molecule has 0 spiro atoms. The minimum atomic E-state index is 0. The van der Waals surface area contributed by atoms with Gasteiger partial charge in [0, 0.05) is 38.6 Å². The van der Waals surface area contributed by atoms with Crippen LogP contribution in [-0.2, 0) is 20.1 Å². The maximum atomic E-state index is 9.10. The first-order valence-corrected chi connectivity index (χ1v) is 11.0. The van der Waals surface area contributed by atoms with Crippen molar-refractivity contribution in [1.29, 1.82) is 10.5 Å². The van der Waals surface area contributed by atoms with E-state index in [-0.39, 0.29) is 20.1 Å². The van der Waals surface area contributed by atoms with E-state index in [9.17, 15) is 0 Å². The molecule has 0 saturated heterocycles. The van der Waals surface area contributed by atoms with Gasteiger partial charge >= 0.3 is 0 Å². The van der Waals surface area contributed by atoms with Gasteiger partial charge in [0.05, 0.1) is 6.07 Å². The van der Waals surface area contributed by atoms with Crippen molar-refractivity contribution in [2.24, 2.45) is 0 Å². The van der Waals surface area contributed by atoms with Gasteiger partial charge in [-0.05, 0) is 52.2 Å². The molecule has 0 unspecified atom stereocenters. The molecule has 5 aromatic rings. The monoisotopic (exact) mass is 641 g/mol. The molecule has 0 fully saturated rings. The maximum absolute atomic E-state index is 9.10. The minimum absolute atomic E-state index is 0. The first kappa shape index (κ1) is 26.2. The van der Waals surface area contributed by atoms with E-state index in [0.29, 0.717) is 22.4 Å². The summed E-state index contributed by atoms with van der Waals surface area (Å²) in [5, 5.41) is 18.0. The van der Waals surface area contributed by atoms with Gasteiger partial charge in [0.25, 0.3) is 0 Å². The fourth-order valence-electron chi connectivity index (χ4n) is 3.47. The van der Waals surface area contributed by atoms with Crippen molar-refractivity contribution in [2.75, 3.05) is 0 Å². The average Bonchev–Trinajstić information content (AvgIpc) is 2.94. The first-order valence-electron chi connectivity index (χ1n) is 11.0. The number of aryl methyl sites for hydroxylation is 1. The molecule has 36 heavy (non-hydrogen) atoms. The van der Waals surface area contributed by atoms with E-state index in [4.69, 9.17) is 10.5 Å². The van der Waals surface area contributed by atoms with E-state index in [1.807, 2.05) is 85.9 Å². The summed E-state index contributed by atoms with van der Waals surface area (Å²) in [6, 6.07) is 39.5. The van der Waals surface area contributed by atoms with Crippen LogP contribution in [0.5, 0.6) is 0 Å². The second-order valence-corrected chi connectivity index (χ2v) is 7.66. The van der Waals surface area contributed by atoms with Crippen LogP contribution in [0.2, 0.25) is 0 Å². The molecule has 5 rings (SSSR count). The molecule has 5 heteroatoms. The first-order chi connectivity index (χ1) is 17.2. The number of hydrogen-bond donors (Lipinski definition) is 0. The van der Waals surface area contributed by atoms with Crippen molar-refractivity contribution < 1.29 is 20.1 Å². The molecular weight excluding hydrogens is 621 g/mol. The number of pyridine rings is 2. The summed E-state index contributed by atoms with van der Waals surface area (Å²) in [6.07, 6.45) is 3.57. The Kier molecular flexibility index (Phi) is 9.38. The molecule has 0 amide bonds. The molecule has 2 heterocycles. The molecule has 0 aliphatic rings. The molecule has 0 aliphatic carbocycles. The van der Waals surface area contributed by atoms with Crippen LogP contribution >= 0.6 is 0 Å². The molecule has 2 aromatic heterocycles. The summed E-state index contributed by atoms with van der Waals surface area (Å²) in [7, 11) is 0. The van der Waals surface area contributed by atoms with Gasteiger partial charge in [-0.1, -0.05) is 48.5 Å². The molecule has 0 aliphatic heterocycles. The topological polar surface area (TPSA) is 73.4 Å². The van der Waals surface area contributed by atoms with Gasteiger partial charge in [0.1, 0.15) is 0 Å². The van der Waals surface area contributed by atoms with Crippen LogP contribution in [0.4, 0.5) is 0 Å². The molecule has 0 bridgehead atoms. The number of aromatic nitrogens is 2. The van der Waals surface area contributed by atoms with Gasteiger partial charge in [0.2, 0.25) is 0 Å². The standard InChI is InChI=1S/C17H12N.C14H8N3.Ir/c1-3-7-14(8-4-1)16-11-12-18-17(13-16)15-9-5-2-6-10-15;1-10-5-6-14(17-9-10)12-4-2-3-11(7-15)13(12)8-16;/h1-9,11-13H;2-3,5-6,9H,1H3;/q2*-1;. The molecule has 1 radical (unpaired) electrons. The number of nitriles is 2. The summed E-state index contributed by atoms with van der Waals surface area (Å²) < 4.78 is 0. The Bertz CT molecular complexity index is 1450. The summed E-state index contributed by atoms with van der Waals surface area (Å²) in [6.45, 7) is 1.94. The Morgan fingerprint density at radius 2 is 1.53 bits per heavy atom. The number of benzene rings is 3. The third-order valence-corrected chi connectivity index (χ3v) is 5.25.